The molecule has 0 bridgehead atoms. The van der Waals surface area contributed by atoms with Crippen molar-refractivity contribution in [1.82, 2.24) is 10.2 Å². The standard InChI is InChI=1S/C16H25N3O4.ClH/c1-19(2)16(21)11-23-13-6-4-5-12(7-13)10-18-15(20)8-14(9-17)22-3;/h4-7,14H,8-11,17H2,1-3H3,(H,18,20);1H. The lowest BCUT2D eigenvalue weighted by molar-refractivity contribution is -0.130. The minimum Gasteiger partial charge on any atom is -0.484 e. The van der Waals surface area contributed by atoms with Crippen molar-refractivity contribution in [3.8, 4) is 5.75 Å². The van der Waals surface area contributed by atoms with Crippen molar-refractivity contribution in [2.75, 3.05) is 34.4 Å². The van der Waals surface area contributed by atoms with Gasteiger partial charge in [0.05, 0.1) is 12.5 Å². The van der Waals surface area contributed by atoms with E-state index in [2.05, 4.69) is 5.32 Å². The summed E-state index contributed by atoms with van der Waals surface area (Å²) in [5.41, 5.74) is 6.37. The van der Waals surface area contributed by atoms with Crippen LogP contribution in [0.5, 0.6) is 5.75 Å². The van der Waals surface area contributed by atoms with E-state index in [0.29, 0.717) is 18.8 Å². The molecule has 24 heavy (non-hydrogen) atoms. The van der Waals surface area contributed by atoms with E-state index in [4.69, 9.17) is 15.2 Å². The molecule has 0 heterocycles. The van der Waals surface area contributed by atoms with Crippen LogP contribution in [-0.2, 0) is 20.9 Å². The molecule has 0 aromatic heterocycles. The Bertz CT molecular complexity index is 522. The van der Waals surface area contributed by atoms with E-state index in [9.17, 15) is 9.59 Å². The third kappa shape index (κ3) is 8.14. The van der Waals surface area contributed by atoms with Crippen LogP contribution in [0, 0.1) is 0 Å². The normalized spacial score (nSPS) is 11.2. The number of halogens is 1. The number of nitrogens with zero attached hydrogens (tertiary/aromatic N) is 1. The highest BCUT2D eigenvalue weighted by molar-refractivity contribution is 5.85. The van der Waals surface area contributed by atoms with Gasteiger partial charge in [-0.25, -0.2) is 0 Å². The molecule has 136 valence electrons. The van der Waals surface area contributed by atoms with Crippen LogP contribution in [0.15, 0.2) is 24.3 Å². The molecule has 0 aliphatic carbocycles. The fourth-order valence-corrected chi connectivity index (χ4v) is 1.76. The van der Waals surface area contributed by atoms with Crippen molar-refractivity contribution >= 4 is 24.2 Å². The molecule has 0 radical (unpaired) electrons. The van der Waals surface area contributed by atoms with Crippen LogP contribution in [0.1, 0.15) is 12.0 Å². The summed E-state index contributed by atoms with van der Waals surface area (Å²) in [7, 11) is 4.87. The average molecular weight is 360 g/mol. The van der Waals surface area contributed by atoms with Crippen molar-refractivity contribution in [2.24, 2.45) is 5.73 Å². The number of nitrogens with one attached hydrogen (secondary N) is 1. The van der Waals surface area contributed by atoms with Gasteiger partial charge in [-0.3, -0.25) is 9.59 Å². The number of nitrogens with two attached hydrogens (primary N) is 1. The highest BCUT2D eigenvalue weighted by Crippen LogP contribution is 2.13. The highest BCUT2D eigenvalue weighted by atomic mass is 35.5. The van der Waals surface area contributed by atoms with Crippen molar-refractivity contribution in [1.29, 1.82) is 0 Å². The third-order valence-corrected chi connectivity index (χ3v) is 3.26. The smallest absolute Gasteiger partial charge is 0.259 e. The Morgan fingerprint density at radius 3 is 2.62 bits per heavy atom. The molecule has 8 heteroatoms. The molecule has 1 rings (SSSR count). The second-order valence-electron chi connectivity index (χ2n) is 5.30. The molecule has 3 N–H and O–H groups in total. The van der Waals surface area contributed by atoms with Gasteiger partial charge in [-0.1, -0.05) is 12.1 Å². The van der Waals surface area contributed by atoms with Crippen molar-refractivity contribution in [3.63, 3.8) is 0 Å². The Balaban J connectivity index is 0.00000529. The van der Waals surface area contributed by atoms with E-state index < -0.39 is 0 Å². The topological polar surface area (TPSA) is 93.9 Å². The third-order valence-electron chi connectivity index (χ3n) is 3.26. The van der Waals surface area contributed by atoms with Crippen LogP contribution >= 0.6 is 12.4 Å². The molecule has 1 atom stereocenters. The minimum atomic E-state index is -0.276. The summed E-state index contributed by atoms with van der Waals surface area (Å²) in [5.74, 6) is 0.344. The van der Waals surface area contributed by atoms with Crippen LogP contribution in [0.4, 0.5) is 0 Å². The number of hydrogen-bond donors (Lipinski definition) is 2. The number of carbonyl (C=O) groups excluding carboxylic acids is 2. The van der Waals surface area contributed by atoms with Crippen LogP contribution < -0.4 is 15.8 Å². The Hall–Kier alpha value is -1.83. The largest absolute Gasteiger partial charge is 0.484 e. The molecular formula is C16H26ClN3O4. The molecular weight excluding hydrogens is 334 g/mol. The number of likely N-dealkylation sites (N-methyl/N-ethyl adjacent to an activating group) is 1. The number of amides is 2. The molecule has 1 unspecified atom stereocenters. The molecule has 0 spiro atoms. The highest BCUT2D eigenvalue weighted by Gasteiger charge is 2.11. The first-order valence-electron chi connectivity index (χ1n) is 7.37. The van der Waals surface area contributed by atoms with Crippen molar-refractivity contribution in [3.05, 3.63) is 29.8 Å². The first-order chi connectivity index (χ1) is 11.0. The summed E-state index contributed by atoms with van der Waals surface area (Å²) in [6, 6.07) is 7.25. The summed E-state index contributed by atoms with van der Waals surface area (Å²) in [5, 5.41) is 2.80. The quantitative estimate of drug-likeness (QED) is 0.671. The number of methoxy groups -OCH3 is 1. The maximum atomic E-state index is 11.8. The second-order valence-corrected chi connectivity index (χ2v) is 5.30. The molecule has 0 saturated carbocycles. The lowest BCUT2D eigenvalue weighted by atomic mass is 10.2. The maximum absolute atomic E-state index is 11.8. The van der Waals surface area contributed by atoms with Crippen LogP contribution in [0.3, 0.4) is 0 Å². The van der Waals surface area contributed by atoms with Gasteiger partial charge in [-0.05, 0) is 17.7 Å². The maximum Gasteiger partial charge on any atom is 0.259 e. The Kier molecular flexibility index (Phi) is 10.8. The summed E-state index contributed by atoms with van der Waals surface area (Å²) in [6.07, 6.45) is -0.0534. The second kappa shape index (κ2) is 11.7. The van der Waals surface area contributed by atoms with E-state index >= 15 is 0 Å². The molecule has 0 saturated heterocycles. The summed E-state index contributed by atoms with van der Waals surface area (Å²) in [6.45, 7) is 0.653. The number of carbonyl (C=O) groups is 2. The van der Waals surface area contributed by atoms with Crippen molar-refractivity contribution < 1.29 is 19.1 Å². The van der Waals surface area contributed by atoms with E-state index in [1.807, 2.05) is 12.1 Å². The van der Waals surface area contributed by atoms with Gasteiger partial charge in [0.25, 0.3) is 5.91 Å². The van der Waals surface area contributed by atoms with Crippen molar-refractivity contribution in [2.45, 2.75) is 19.1 Å². The van der Waals surface area contributed by atoms with E-state index in [1.165, 1.54) is 12.0 Å². The number of rotatable bonds is 9. The monoisotopic (exact) mass is 359 g/mol. The molecule has 1 aromatic carbocycles. The van der Waals surface area contributed by atoms with Gasteiger partial charge in [0.15, 0.2) is 6.61 Å². The zero-order valence-electron chi connectivity index (χ0n) is 14.3. The lowest BCUT2D eigenvalue weighted by Crippen LogP contribution is -2.31. The summed E-state index contributed by atoms with van der Waals surface area (Å²) in [4.78, 5) is 24.8. The molecule has 2 amide bonds. The number of ether oxygens (including phenoxy) is 2. The van der Waals surface area contributed by atoms with Gasteiger partial charge in [0.2, 0.25) is 5.91 Å². The zero-order chi connectivity index (χ0) is 17.2. The molecule has 1 aromatic rings. The van der Waals surface area contributed by atoms with E-state index in [0.717, 1.165) is 5.56 Å². The predicted molar refractivity (Wildman–Crippen MR) is 94.2 cm³/mol. The lowest BCUT2D eigenvalue weighted by Gasteiger charge is -2.13. The van der Waals surface area contributed by atoms with Gasteiger partial charge >= 0.3 is 0 Å². The van der Waals surface area contributed by atoms with Gasteiger partial charge in [0.1, 0.15) is 5.75 Å². The predicted octanol–water partition coefficient (Wildman–Crippen LogP) is 0.555. The first-order valence-corrected chi connectivity index (χ1v) is 7.37. The molecule has 7 nitrogen and oxygen atoms in total. The van der Waals surface area contributed by atoms with Gasteiger partial charge < -0.3 is 25.4 Å². The average Bonchev–Trinajstić information content (AvgIpc) is 2.55. The van der Waals surface area contributed by atoms with E-state index in [-0.39, 0.29) is 43.4 Å². The fraction of sp³-hybridized carbons (Fsp3) is 0.500. The van der Waals surface area contributed by atoms with Gasteiger partial charge in [-0.15, -0.1) is 12.4 Å². The molecule has 0 fully saturated rings. The van der Waals surface area contributed by atoms with Crippen LogP contribution in [0.25, 0.3) is 0 Å². The minimum absolute atomic E-state index is 0. The Morgan fingerprint density at radius 1 is 1.33 bits per heavy atom. The first kappa shape index (κ1) is 22.2. The fourth-order valence-electron chi connectivity index (χ4n) is 1.76. The zero-order valence-corrected chi connectivity index (χ0v) is 15.1. The molecule has 0 aliphatic heterocycles. The van der Waals surface area contributed by atoms with Crippen LogP contribution in [0.2, 0.25) is 0 Å². The number of benzene rings is 1. The Labute approximate surface area is 148 Å². The van der Waals surface area contributed by atoms with E-state index in [1.54, 1.807) is 26.2 Å². The van der Waals surface area contributed by atoms with Gasteiger partial charge in [0, 0.05) is 34.3 Å². The summed E-state index contributed by atoms with van der Waals surface area (Å²) >= 11 is 0. The molecule has 0 aliphatic rings. The summed E-state index contributed by atoms with van der Waals surface area (Å²) < 4.78 is 10.5. The SMILES string of the molecule is COC(CN)CC(=O)NCc1cccc(OCC(=O)N(C)C)c1.Cl. The van der Waals surface area contributed by atoms with Crippen LogP contribution in [-0.4, -0.2) is 57.2 Å². The number of hydrogen-bond acceptors (Lipinski definition) is 5. The Morgan fingerprint density at radius 2 is 2.04 bits per heavy atom. The van der Waals surface area contributed by atoms with Gasteiger partial charge in [-0.2, -0.15) is 0 Å².